The number of rotatable bonds is 6. The molecule has 5 heteroatoms. The molecule has 1 aromatic carbocycles. The van der Waals surface area contributed by atoms with Gasteiger partial charge in [0, 0.05) is 37.6 Å². The Bertz CT molecular complexity index is 594. The standard InChI is InChI=1S/C16H24N4O/c1-12-5-6-15(21-4)13(9-12)14(17)10-19(2)11-16-18-7-8-20(16)3/h5-9,14H,10-11,17H2,1-4H3. The Morgan fingerprint density at radius 1 is 1.43 bits per heavy atom. The van der Waals surface area contributed by atoms with Gasteiger partial charge in [-0.2, -0.15) is 0 Å². The maximum Gasteiger partial charge on any atom is 0.123 e. The van der Waals surface area contributed by atoms with E-state index in [1.165, 1.54) is 5.56 Å². The first-order valence-electron chi connectivity index (χ1n) is 7.06. The third-order valence-electron chi connectivity index (χ3n) is 3.63. The van der Waals surface area contributed by atoms with Gasteiger partial charge in [-0.05, 0) is 20.0 Å². The first-order valence-corrected chi connectivity index (χ1v) is 7.06. The van der Waals surface area contributed by atoms with Gasteiger partial charge in [0.25, 0.3) is 0 Å². The SMILES string of the molecule is COc1ccc(C)cc1C(N)CN(C)Cc1nccn1C. The van der Waals surface area contributed by atoms with Gasteiger partial charge < -0.3 is 15.0 Å². The third-order valence-corrected chi connectivity index (χ3v) is 3.63. The van der Waals surface area contributed by atoms with Crippen molar-refractivity contribution in [2.45, 2.75) is 19.5 Å². The van der Waals surface area contributed by atoms with Gasteiger partial charge in [-0.25, -0.2) is 4.98 Å². The average Bonchev–Trinajstić information content (AvgIpc) is 2.84. The summed E-state index contributed by atoms with van der Waals surface area (Å²) in [6.45, 7) is 3.57. The molecule has 0 radical (unpaired) electrons. The van der Waals surface area contributed by atoms with Crippen molar-refractivity contribution in [3.05, 3.63) is 47.5 Å². The molecule has 2 rings (SSSR count). The lowest BCUT2D eigenvalue weighted by Gasteiger charge is -2.23. The molecule has 0 bridgehead atoms. The number of hydrogen-bond acceptors (Lipinski definition) is 4. The van der Waals surface area contributed by atoms with E-state index in [2.05, 4.69) is 29.9 Å². The summed E-state index contributed by atoms with van der Waals surface area (Å²) in [7, 11) is 5.73. The van der Waals surface area contributed by atoms with Gasteiger partial charge in [0.05, 0.1) is 13.7 Å². The molecular formula is C16H24N4O. The summed E-state index contributed by atoms with van der Waals surface area (Å²) < 4.78 is 7.44. The highest BCUT2D eigenvalue weighted by Gasteiger charge is 2.15. The monoisotopic (exact) mass is 288 g/mol. The van der Waals surface area contributed by atoms with Gasteiger partial charge in [0.15, 0.2) is 0 Å². The fraction of sp³-hybridized carbons (Fsp3) is 0.438. The number of hydrogen-bond donors (Lipinski definition) is 1. The van der Waals surface area contributed by atoms with E-state index in [-0.39, 0.29) is 6.04 Å². The second-order valence-electron chi connectivity index (χ2n) is 5.50. The lowest BCUT2D eigenvalue weighted by molar-refractivity contribution is 0.291. The molecule has 0 spiro atoms. The molecule has 5 nitrogen and oxygen atoms in total. The second kappa shape index (κ2) is 6.74. The lowest BCUT2D eigenvalue weighted by Crippen LogP contribution is -2.30. The zero-order valence-corrected chi connectivity index (χ0v) is 13.2. The average molecular weight is 288 g/mol. The van der Waals surface area contributed by atoms with Crippen LogP contribution in [0.4, 0.5) is 0 Å². The van der Waals surface area contributed by atoms with Crippen molar-refractivity contribution in [1.82, 2.24) is 14.5 Å². The highest BCUT2D eigenvalue weighted by Crippen LogP contribution is 2.25. The predicted octanol–water partition coefficient (Wildman–Crippen LogP) is 1.87. The molecule has 0 amide bonds. The molecule has 2 N–H and O–H groups in total. The Morgan fingerprint density at radius 3 is 2.81 bits per heavy atom. The Hall–Kier alpha value is -1.85. The first-order chi connectivity index (χ1) is 10.0. The van der Waals surface area contributed by atoms with E-state index in [0.29, 0.717) is 0 Å². The molecule has 1 heterocycles. The van der Waals surface area contributed by atoms with Crippen LogP contribution in [0.15, 0.2) is 30.6 Å². The second-order valence-corrected chi connectivity index (χ2v) is 5.50. The van der Waals surface area contributed by atoms with Crippen LogP contribution in [0.3, 0.4) is 0 Å². The van der Waals surface area contributed by atoms with Crippen LogP contribution >= 0.6 is 0 Å². The number of nitrogens with two attached hydrogens (primary N) is 1. The van der Waals surface area contributed by atoms with E-state index >= 15 is 0 Å². The zero-order chi connectivity index (χ0) is 15.4. The van der Waals surface area contributed by atoms with Crippen molar-refractivity contribution in [1.29, 1.82) is 0 Å². The molecule has 0 aliphatic carbocycles. The van der Waals surface area contributed by atoms with Crippen molar-refractivity contribution >= 4 is 0 Å². The summed E-state index contributed by atoms with van der Waals surface area (Å²) in [5.41, 5.74) is 8.59. The lowest BCUT2D eigenvalue weighted by atomic mass is 10.0. The number of imidazole rings is 1. The molecule has 0 saturated carbocycles. The van der Waals surface area contributed by atoms with Crippen LogP contribution in [-0.2, 0) is 13.6 Å². The first kappa shape index (κ1) is 15.5. The van der Waals surface area contributed by atoms with Gasteiger partial charge in [-0.3, -0.25) is 4.90 Å². The number of ether oxygens (including phenoxy) is 1. The summed E-state index contributed by atoms with van der Waals surface area (Å²) in [6.07, 6.45) is 3.76. The summed E-state index contributed by atoms with van der Waals surface area (Å²) in [6, 6.07) is 6.01. The minimum atomic E-state index is -0.0925. The van der Waals surface area contributed by atoms with Crippen molar-refractivity contribution in [3.63, 3.8) is 0 Å². The quantitative estimate of drug-likeness (QED) is 0.881. The number of nitrogens with zero attached hydrogens (tertiary/aromatic N) is 3. The summed E-state index contributed by atoms with van der Waals surface area (Å²) in [5, 5.41) is 0. The topological polar surface area (TPSA) is 56.3 Å². The molecule has 114 valence electrons. The molecule has 0 fully saturated rings. The minimum absolute atomic E-state index is 0.0925. The number of likely N-dealkylation sites (N-methyl/N-ethyl adjacent to an activating group) is 1. The molecular weight excluding hydrogens is 264 g/mol. The fourth-order valence-corrected chi connectivity index (χ4v) is 2.43. The van der Waals surface area contributed by atoms with Crippen LogP contribution in [0.25, 0.3) is 0 Å². The van der Waals surface area contributed by atoms with Crippen LogP contribution in [0, 0.1) is 6.92 Å². The number of aryl methyl sites for hydroxylation is 2. The van der Waals surface area contributed by atoms with Gasteiger partial charge in [-0.1, -0.05) is 17.7 Å². The maximum atomic E-state index is 6.36. The Balaban J connectivity index is 2.05. The van der Waals surface area contributed by atoms with Crippen molar-refractivity contribution < 1.29 is 4.74 Å². The van der Waals surface area contributed by atoms with E-state index in [0.717, 1.165) is 30.2 Å². The van der Waals surface area contributed by atoms with Crippen molar-refractivity contribution in [2.75, 3.05) is 20.7 Å². The van der Waals surface area contributed by atoms with E-state index in [4.69, 9.17) is 10.5 Å². The summed E-state index contributed by atoms with van der Waals surface area (Å²) in [5.74, 6) is 1.87. The molecule has 1 aromatic heterocycles. The third kappa shape index (κ3) is 3.83. The highest BCUT2D eigenvalue weighted by atomic mass is 16.5. The largest absolute Gasteiger partial charge is 0.496 e. The van der Waals surface area contributed by atoms with Gasteiger partial charge in [-0.15, -0.1) is 0 Å². The molecule has 1 unspecified atom stereocenters. The van der Waals surface area contributed by atoms with E-state index in [9.17, 15) is 0 Å². The fourth-order valence-electron chi connectivity index (χ4n) is 2.43. The van der Waals surface area contributed by atoms with Crippen molar-refractivity contribution in [2.24, 2.45) is 12.8 Å². The Labute approximate surface area is 126 Å². The van der Waals surface area contributed by atoms with Crippen LogP contribution < -0.4 is 10.5 Å². The van der Waals surface area contributed by atoms with E-state index in [1.54, 1.807) is 7.11 Å². The number of methoxy groups -OCH3 is 1. The van der Waals surface area contributed by atoms with Crippen LogP contribution in [0.1, 0.15) is 23.0 Å². The number of benzene rings is 1. The number of aromatic nitrogens is 2. The Morgan fingerprint density at radius 2 is 2.19 bits per heavy atom. The highest BCUT2D eigenvalue weighted by molar-refractivity contribution is 5.39. The molecule has 2 aromatic rings. The Kier molecular flexibility index (Phi) is 4.98. The molecule has 0 aliphatic rings. The maximum absolute atomic E-state index is 6.36. The van der Waals surface area contributed by atoms with Crippen LogP contribution in [-0.4, -0.2) is 35.2 Å². The van der Waals surface area contributed by atoms with Crippen LogP contribution in [0.5, 0.6) is 5.75 Å². The predicted molar refractivity (Wildman–Crippen MR) is 84.2 cm³/mol. The normalized spacial score (nSPS) is 12.7. The summed E-state index contributed by atoms with van der Waals surface area (Å²) in [4.78, 5) is 6.51. The zero-order valence-electron chi connectivity index (χ0n) is 13.2. The van der Waals surface area contributed by atoms with Gasteiger partial charge >= 0.3 is 0 Å². The smallest absolute Gasteiger partial charge is 0.123 e. The molecule has 21 heavy (non-hydrogen) atoms. The van der Waals surface area contributed by atoms with Crippen LogP contribution in [0.2, 0.25) is 0 Å². The van der Waals surface area contributed by atoms with Gasteiger partial charge in [0.1, 0.15) is 11.6 Å². The molecule has 0 aliphatic heterocycles. The van der Waals surface area contributed by atoms with E-state index < -0.39 is 0 Å². The van der Waals surface area contributed by atoms with E-state index in [1.807, 2.05) is 36.1 Å². The molecule has 0 saturated heterocycles. The minimum Gasteiger partial charge on any atom is -0.496 e. The molecule has 1 atom stereocenters. The van der Waals surface area contributed by atoms with Crippen molar-refractivity contribution in [3.8, 4) is 5.75 Å². The summed E-state index contributed by atoms with van der Waals surface area (Å²) >= 11 is 0. The van der Waals surface area contributed by atoms with Gasteiger partial charge in [0.2, 0.25) is 0 Å².